The Balaban J connectivity index is 2.33. The van der Waals surface area contributed by atoms with Gasteiger partial charge in [0.25, 0.3) is 0 Å². The largest absolute Gasteiger partial charge is 0.389 e. The van der Waals surface area contributed by atoms with Crippen LogP contribution in [-0.4, -0.2) is 35.8 Å². The molecule has 110 valence electrons. The molecule has 0 aromatic carbocycles. The van der Waals surface area contributed by atoms with Gasteiger partial charge in [0.05, 0.1) is 11.7 Å². The first-order valence-corrected chi connectivity index (χ1v) is 7.58. The van der Waals surface area contributed by atoms with Gasteiger partial charge in [-0.1, -0.05) is 12.2 Å². The highest BCUT2D eigenvalue weighted by molar-refractivity contribution is 7.80. The lowest BCUT2D eigenvalue weighted by atomic mass is 10.0. The summed E-state index contributed by atoms with van der Waals surface area (Å²) in [4.78, 5) is 7.36. The number of rotatable bonds is 4. The van der Waals surface area contributed by atoms with Gasteiger partial charge in [-0.2, -0.15) is 0 Å². The standard InChI is InChI=1S/C15H23N3OS/c1-4-19-12-6-5-7-18(9-12)15-13(14(16)20)10(2)8-11(3)17-15/h8,12H,4-7,9H2,1-3H3,(H2,16,20). The van der Waals surface area contributed by atoms with E-state index < -0.39 is 0 Å². The molecule has 4 nitrogen and oxygen atoms in total. The first kappa shape index (κ1) is 15.2. The average Bonchev–Trinajstić information content (AvgIpc) is 2.38. The molecule has 2 rings (SSSR count). The number of thiocarbonyl (C=S) groups is 1. The Labute approximate surface area is 126 Å². The van der Waals surface area contributed by atoms with Crippen molar-refractivity contribution in [3.63, 3.8) is 0 Å². The fourth-order valence-corrected chi connectivity index (χ4v) is 3.11. The predicted octanol–water partition coefficient (Wildman–Crippen LogP) is 2.34. The fraction of sp³-hybridized carbons (Fsp3) is 0.600. The van der Waals surface area contributed by atoms with Gasteiger partial charge in [0, 0.05) is 25.4 Å². The van der Waals surface area contributed by atoms with Gasteiger partial charge in [-0.05, 0) is 45.2 Å². The number of nitrogens with zero attached hydrogens (tertiary/aromatic N) is 2. The molecule has 1 saturated heterocycles. The van der Waals surface area contributed by atoms with E-state index >= 15 is 0 Å². The van der Waals surface area contributed by atoms with Gasteiger partial charge < -0.3 is 15.4 Å². The molecule has 5 heteroatoms. The quantitative estimate of drug-likeness (QED) is 0.864. The van der Waals surface area contributed by atoms with Crippen LogP contribution in [0.2, 0.25) is 0 Å². The van der Waals surface area contributed by atoms with E-state index in [2.05, 4.69) is 9.88 Å². The molecule has 0 amide bonds. The molecule has 20 heavy (non-hydrogen) atoms. The molecule has 1 aromatic heterocycles. The average molecular weight is 293 g/mol. The van der Waals surface area contributed by atoms with Gasteiger partial charge in [-0.15, -0.1) is 0 Å². The second-order valence-electron chi connectivity index (χ2n) is 5.31. The minimum atomic E-state index is 0.274. The zero-order valence-corrected chi connectivity index (χ0v) is 13.3. The van der Waals surface area contributed by atoms with E-state index in [0.717, 1.165) is 55.2 Å². The molecule has 1 aliphatic heterocycles. The molecule has 1 atom stereocenters. The van der Waals surface area contributed by atoms with Crippen molar-refractivity contribution in [2.75, 3.05) is 24.6 Å². The topological polar surface area (TPSA) is 51.4 Å². The number of hydrogen-bond acceptors (Lipinski definition) is 4. The van der Waals surface area contributed by atoms with Crippen molar-refractivity contribution in [1.29, 1.82) is 0 Å². The third kappa shape index (κ3) is 3.27. The molecular weight excluding hydrogens is 270 g/mol. The van der Waals surface area contributed by atoms with E-state index in [1.54, 1.807) is 0 Å². The third-order valence-electron chi connectivity index (χ3n) is 3.65. The van der Waals surface area contributed by atoms with Gasteiger partial charge >= 0.3 is 0 Å². The van der Waals surface area contributed by atoms with Crippen molar-refractivity contribution in [3.8, 4) is 0 Å². The van der Waals surface area contributed by atoms with Crippen molar-refractivity contribution in [3.05, 3.63) is 22.9 Å². The van der Waals surface area contributed by atoms with Gasteiger partial charge in [0.1, 0.15) is 10.8 Å². The van der Waals surface area contributed by atoms with Gasteiger partial charge in [0.15, 0.2) is 0 Å². The van der Waals surface area contributed by atoms with Crippen molar-refractivity contribution in [2.45, 2.75) is 39.7 Å². The van der Waals surface area contributed by atoms with E-state index in [4.69, 9.17) is 22.7 Å². The lowest BCUT2D eigenvalue weighted by Crippen LogP contribution is -2.41. The fourth-order valence-electron chi connectivity index (χ4n) is 2.85. The second-order valence-corrected chi connectivity index (χ2v) is 5.75. The van der Waals surface area contributed by atoms with E-state index in [1.807, 2.05) is 26.8 Å². The highest BCUT2D eigenvalue weighted by atomic mass is 32.1. The summed E-state index contributed by atoms with van der Waals surface area (Å²) in [5.74, 6) is 0.916. The van der Waals surface area contributed by atoms with Gasteiger partial charge in [-0.3, -0.25) is 0 Å². The molecule has 2 N–H and O–H groups in total. The summed E-state index contributed by atoms with van der Waals surface area (Å²) in [5.41, 5.74) is 8.90. The smallest absolute Gasteiger partial charge is 0.139 e. The van der Waals surface area contributed by atoms with E-state index in [-0.39, 0.29) is 6.10 Å². The zero-order chi connectivity index (χ0) is 14.7. The number of pyridine rings is 1. The van der Waals surface area contributed by atoms with Crippen molar-refractivity contribution >= 4 is 23.0 Å². The van der Waals surface area contributed by atoms with Crippen LogP contribution in [0.4, 0.5) is 5.82 Å². The molecule has 0 radical (unpaired) electrons. The van der Waals surface area contributed by atoms with Crippen LogP contribution in [0.3, 0.4) is 0 Å². The minimum Gasteiger partial charge on any atom is -0.389 e. The molecule has 0 saturated carbocycles. The SMILES string of the molecule is CCOC1CCCN(c2nc(C)cc(C)c2C(N)=S)C1. The van der Waals surface area contributed by atoms with Gasteiger partial charge in [-0.25, -0.2) is 4.98 Å². The number of nitrogens with two attached hydrogens (primary N) is 1. The van der Waals surface area contributed by atoms with E-state index in [1.165, 1.54) is 0 Å². The number of anilines is 1. The Morgan fingerprint density at radius 3 is 2.95 bits per heavy atom. The molecule has 1 fully saturated rings. The number of piperidine rings is 1. The maximum Gasteiger partial charge on any atom is 0.139 e. The zero-order valence-electron chi connectivity index (χ0n) is 12.5. The first-order chi connectivity index (χ1) is 9.52. The third-order valence-corrected chi connectivity index (χ3v) is 3.86. The highest BCUT2D eigenvalue weighted by Crippen LogP contribution is 2.26. The summed E-state index contributed by atoms with van der Waals surface area (Å²) >= 11 is 5.21. The van der Waals surface area contributed by atoms with Crippen molar-refractivity contribution in [2.24, 2.45) is 5.73 Å². The Morgan fingerprint density at radius 1 is 1.55 bits per heavy atom. The van der Waals surface area contributed by atoms with Crippen molar-refractivity contribution in [1.82, 2.24) is 4.98 Å². The Bertz CT molecular complexity index is 502. The van der Waals surface area contributed by atoms with Crippen molar-refractivity contribution < 1.29 is 4.74 Å². The molecule has 1 aliphatic rings. The monoisotopic (exact) mass is 293 g/mol. The van der Waals surface area contributed by atoms with Crippen LogP contribution in [-0.2, 0) is 4.74 Å². The minimum absolute atomic E-state index is 0.274. The number of aryl methyl sites for hydroxylation is 2. The Kier molecular flexibility index (Phi) is 4.94. The lowest BCUT2D eigenvalue weighted by molar-refractivity contribution is 0.0525. The molecule has 2 heterocycles. The van der Waals surface area contributed by atoms with Crippen LogP contribution < -0.4 is 10.6 Å². The van der Waals surface area contributed by atoms with Gasteiger partial charge in [0.2, 0.25) is 0 Å². The lowest BCUT2D eigenvalue weighted by Gasteiger charge is -2.34. The summed E-state index contributed by atoms with van der Waals surface area (Å²) in [5, 5.41) is 0. The summed E-state index contributed by atoms with van der Waals surface area (Å²) in [6, 6.07) is 2.03. The Hall–Kier alpha value is -1.20. The summed E-state index contributed by atoms with van der Waals surface area (Å²) < 4.78 is 5.76. The van der Waals surface area contributed by atoms with Crippen LogP contribution in [0.1, 0.15) is 36.6 Å². The number of aromatic nitrogens is 1. The summed E-state index contributed by atoms with van der Waals surface area (Å²) in [7, 11) is 0. The molecule has 0 spiro atoms. The molecule has 0 aliphatic carbocycles. The highest BCUT2D eigenvalue weighted by Gasteiger charge is 2.24. The van der Waals surface area contributed by atoms with Crippen LogP contribution in [0.15, 0.2) is 6.07 Å². The van der Waals surface area contributed by atoms with E-state index in [9.17, 15) is 0 Å². The first-order valence-electron chi connectivity index (χ1n) is 7.17. The van der Waals surface area contributed by atoms with Crippen LogP contribution in [0, 0.1) is 13.8 Å². The summed E-state index contributed by atoms with van der Waals surface area (Å²) in [6.45, 7) is 8.67. The van der Waals surface area contributed by atoms with E-state index in [0.29, 0.717) is 4.99 Å². The molecule has 0 bridgehead atoms. The normalized spacial score (nSPS) is 19.1. The summed E-state index contributed by atoms with van der Waals surface area (Å²) in [6.07, 6.45) is 2.49. The molecule has 1 aromatic rings. The second kappa shape index (κ2) is 6.50. The maximum atomic E-state index is 5.90. The van der Waals surface area contributed by atoms with Crippen LogP contribution in [0.25, 0.3) is 0 Å². The van der Waals surface area contributed by atoms with Crippen LogP contribution in [0.5, 0.6) is 0 Å². The number of hydrogen-bond donors (Lipinski definition) is 1. The Morgan fingerprint density at radius 2 is 2.30 bits per heavy atom. The number of ether oxygens (including phenoxy) is 1. The molecular formula is C15H23N3OS. The maximum absolute atomic E-state index is 5.90. The predicted molar refractivity (Wildman–Crippen MR) is 86.5 cm³/mol. The van der Waals surface area contributed by atoms with Crippen LogP contribution >= 0.6 is 12.2 Å². The molecule has 1 unspecified atom stereocenters.